The molecule has 1 saturated heterocycles. The summed E-state index contributed by atoms with van der Waals surface area (Å²) in [6, 6.07) is 4.15. The van der Waals surface area contributed by atoms with E-state index in [9.17, 15) is 4.79 Å². The molecule has 1 N–H and O–H groups in total. The van der Waals surface area contributed by atoms with E-state index in [0.717, 1.165) is 36.2 Å². The standard InChI is InChI=1S/C21H23N5O2S/c1-12-9-16(13(2)29-12)18-5-7-22-21(25-18)26-19(14-3-4-14)17(10-23-26)20(27)24-15-6-8-28-11-15/h5,7,9-10,14-15H,3-4,6,8,11H2,1-2H3,(H,24,27). The zero-order valence-corrected chi connectivity index (χ0v) is 17.3. The van der Waals surface area contributed by atoms with Crippen LogP contribution in [-0.4, -0.2) is 44.9 Å². The Kier molecular flexibility index (Phi) is 4.67. The molecule has 1 amide bonds. The quantitative estimate of drug-likeness (QED) is 0.698. The number of aromatic nitrogens is 4. The van der Waals surface area contributed by atoms with Gasteiger partial charge in [-0.25, -0.2) is 14.6 Å². The Balaban J connectivity index is 1.50. The minimum atomic E-state index is -0.0888. The molecule has 0 bridgehead atoms. The van der Waals surface area contributed by atoms with Gasteiger partial charge in [0.25, 0.3) is 11.9 Å². The zero-order chi connectivity index (χ0) is 20.0. The van der Waals surface area contributed by atoms with Gasteiger partial charge in [-0.3, -0.25) is 4.79 Å². The van der Waals surface area contributed by atoms with Crippen molar-refractivity contribution in [3.8, 4) is 17.2 Å². The molecule has 1 aliphatic carbocycles. The molecule has 7 nitrogen and oxygen atoms in total. The molecule has 1 aliphatic heterocycles. The molecule has 29 heavy (non-hydrogen) atoms. The highest BCUT2D eigenvalue weighted by Crippen LogP contribution is 2.42. The number of ether oxygens (including phenoxy) is 1. The zero-order valence-electron chi connectivity index (χ0n) is 16.5. The van der Waals surface area contributed by atoms with Crippen molar-refractivity contribution in [1.82, 2.24) is 25.1 Å². The van der Waals surface area contributed by atoms with E-state index < -0.39 is 0 Å². The highest BCUT2D eigenvalue weighted by molar-refractivity contribution is 7.12. The van der Waals surface area contributed by atoms with Gasteiger partial charge in [0.05, 0.1) is 35.8 Å². The lowest BCUT2D eigenvalue weighted by atomic mass is 10.1. The Bertz CT molecular complexity index is 1060. The van der Waals surface area contributed by atoms with Crippen LogP contribution in [-0.2, 0) is 4.74 Å². The normalized spacial score (nSPS) is 18.9. The summed E-state index contributed by atoms with van der Waals surface area (Å²) in [5, 5.41) is 7.58. The van der Waals surface area contributed by atoms with Gasteiger partial charge < -0.3 is 10.1 Å². The van der Waals surface area contributed by atoms with E-state index in [0.29, 0.717) is 30.6 Å². The first-order valence-electron chi connectivity index (χ1n) is 9.97. The van der Waals surface area contributed by atoms with Crippen molar-refractivity contribution in [2.45, 2.75) is 45.1 Å². The summed E-state index contributed by atoms with van der Waals surface area (Å²) in [7, 11) is 0. The number of nitrogens with one attached hydrogen (secondary N) is 1. The van der Waals surface area contributed by atoms with Crippen molar-refractivity contribution in [3.05, 3.63) is 45.5 Å². The first-order chi connectivity index (χ1) is 14.1. The van der Waals surface area contributed by atoms with E-state index in [2.05, 4.69) is 35.3 Å². The van der Waals surface area contributed by atoms with Crippen molar-refractivity contribution in [2.75, 3.05) is 13.2 Å². The smallest absolute Gasteiger partial charge is 0.255 e. The summed E-state index contributed by atoms with van der Waals surface area (Å²) in [5.74, 6) is 0.750. The van der Waals surface area contributed by atoms with Crippen molar-refractivity contribution >= 4 is 17.2 Å². The highest BCUT2D eigenvalue weighted by atomic mass is 32.1. The lowest BCUT2D eigenvalue weighted by Crippen LogP contribution is -2.35. The summed E-state index contributed by atoms with van der Waals surface area (Å²) in [4.78, 5) is 24.6. The van der Waals surface area contributed by atoms with Crippen LogP contribution >= 0.6 is 11.3 Å². The largest absolute Gasteiger partial charge is 0.379 e. The predicted molar refractivity (Wildman–Crippen MR) is 111 cm³/mol. The van der Waals surface area contributed by atoms with E-state index >= 15 is 0 Å². The van der Waals surface area contributed by atoms with E-state index in [1.807, 2.05) is 6.07 Å². The van der Waals surface area contributed by atoms with E-state index in [1.54, 1.807) is 28.4 Å². The molecule has 1 atom stereocenters. The maximum atomic E-state index is 12.9. The van der Waals surface area contributed by atoms with Crippen LogP contribution in [0.5, 0.6) is 0 Å². The Hall–Kier alpha value is -2.58. The molecule has 2 aliphatic rings. The van der Waals surface area contributed by atoms with Gasteiger partial charge in [0.2, 0.25) is 0 Å². The number of thiophene rings is 1. The summed E-state index contributed by atoms with van der Waals surface area (Å²) in [6.07, 6.45) is 6.37. The topological polar surface area (TPSA) is 81.9 Å². The van der Waals surface area contributed by atoms with Gasteiger partial charge in [0.15, 0.2) is 0 Å². The molecule has 150 valence electrons. The summed E-state index contributed by atoms with van der Waals surface area (Å²) in [5.41, 5.74) is 3.53. The van der Waals surface area contributed by atoms with Crippen molar-refractivity contribution in [3.63, 3.8) is 0 Å². The highest BCUT2D eigenvalue weighted by Gasteiger charge is 2.34. The summed E-state index contributed by atoms with van der Waals surface area (Å²) in [6.45, 7) is 5.47. The van der Waals surface area contributed by atoms with Crippen LogP contribution in [0, 0.1) is 13.8 Å². The van der Waals surface area contributed by atoms with Crippen LogP contribution in [0.3, 0.4) is 0 Å². The van der Waals surface area contributed by atoms with Crippen molar-refractivity contribution in [1.29, 1.82) is 0 Å². The average molecular weight is 410 g/mol. The van der Waals surface area contributed by atoms with Gasteiger partial charge in [0, 0.05) is 34.0 Å². The Morgan fingerprint density at radius 2 is 2.17 bits per heavy atom. The van der Waals surface area contributed by atoms with Crippen LogP contribution < -0.4 is 5.32 Å². The van der Waals surface area contributed by atoms with E-state index in [1.165, 1.54) is 9.75 Å². The third-order valence-electron chi connectivity index (χ3n) is 5.43. The SMILES string of the molecule is Cc1cc(-c2ccnc(-n3ncc(C(=O)NC4CCOC4)c3C3CC3)n2)c(C)s1. The van der Waals surface area contributed by atoms with Crippen LogP contribution in [0.2, 0.25) is 0 Å². The monoisotopic (exact) mass is 409 g/mol. The minimum absolute atomic E-state index is 0.0716. The molecule has 5 rings (SSSR count). The number of amides is 1. The number of hydrogen-bond acceptors (Lipinski definition) is 6. The molecule has 0 aromatic carbocycles. The molecule has 0 radical (unpaired) electrons. The number of carbonyl (C=O) groups excluding carboxylic acids is 1. The average Bonchev–Trinajstić information content (AvgIpc) is 3.10. The molecule has 4 heterocycles. The fraction of sp³-hybridized carbons (Fsp3) is 0.429. The predicted octanol–water partition coefficient (Wildman–Crippen LogP) is 3.40. The molecule has 0 spiro atoms. The van der Waals surface area contributed by atoms with Crippen LogP contribution in [0.1, 0.15) is 51.0 Å². The van der Waals surface area contributed by atoms with Crippen molar-refractivity contribution in [2.24, 2.45) is 0 Å². The Morgan fingerprint density at radius 3 is 2.86 bits per heavy atom. The van der Waals surface area contributed by atoms with Gasteiger partial charge in [0.1, 0.15) is 0 Å². The molecule has 1 saturated carbocycles. The second kappa shape index (κ2) is 7.35. The molecule has 8 heteroatoms. The fourth-order valence-corrected chi connectivity index (χ4v) is 4.77. The molecule has 1 unspecified atom stereocenters. The van der Waals surface area contributed by atoms with Gasteiger partial charge in [-0.05, 0) is 45.2 Å². The third kappa shape index (κ3) is 3.58. The molecule has 3 aromatic rings. The second-order valence-corrected chi connectivity index (χ2v) is 9.19. The lowest BCUT2D eigenvalue weighted by Gasteiger charge is -2.12. The number of carbonyl (C=O) groups is 1. The van der Waals surface area contributed by atoms with Gasteiger partial charge in [-0.2, -0.15) is 5.10 Å². The Labute approximate surface area is 173 Å². The minimum Gasteiger partial charge on any atom is -0.379 e. The summed E-state index contributed by atoms with van der Waals surface area (Å²) < 4.78 is 7.12. The first-order valence-corrected chi connectivity index (χ1v) is 10.8. The summed E-state index contributed by atoms with van der Waals surface area (Å²) >= 11 is 1.76. The maximum absolute atomic E-state index is 12.9. The number of hydrogen-bond donors (Lipinski definition) is 1. The number of nitrogens with zero attached hydrogens (tertiary/aromatic N) is 4. The number of rotatable bonds is 5. The van der Waals surface area contributed by atoms with Gasteiger partial charge in [-0.1, -0.05) is 0 Å². The fourth-order valence-electron chi connectivity index (χ4n) is 3.84. The molecule has 3 aromatic heterocycles. The van der Waals surface area contributed by atoms with Gasteiger partial charge >= 0.3 is 0 Å². The molecular weight excluding hydrogens is 386 g/mol. The van der Waals surface area contributed by atoms with Crippen LogP contribution in [0.25, 0.3) is 17.2 Å². The number of aryl methyl sites for hydroxylation is 2. The first kappa shape index (κ1) is 18.4. The van der Waals surface area contributed by atoms with Crippen LogP contribution in [0.15, 0.2) is 24.5 Å². The lowest BCUT2D eigenvalue weighted by molar-refractivity contribution is 0.0929. The van der Waals surface area contributed by atoms with Crippen LogP contribution in [0.4, 0.5) is 0 Å². The molecule has 2 fully saturated rings. The third-order valence-corrected chi connectivity index (χ3v) is 6.40. The maximum Gasteiger partial charge on any atom is 0.255 e. The van der Waals surface area contributed by atoms with E-state index in [-0.39, 0.29) is 11.9 Å². The van der Waals surface area contributed by atoms with Crippen molar-refractivity contribution < 1.29 is 9.53 Å². The van der Waals surface area contributed by atoms with Gasteiger partial charge in [-0.15, -0.1) is 11.3 Å². The van der Waals surface area contributed by atoms with E-state index in [4.69, 9.17) is 9.72 Å². The Morgan fingerprint density at radius 1 is 1.31 bits per heavy atom. The molecular formula is C21H23N5O2S. The second-order valence-electron chi connectivity index (χ2n) is 7.73.